The standard InChI is InChI=1S/C22H22FN7O3S/c1-12(2)30-20-17(10-25-22(24)28-20)27-19(21(30)31)16-8-9-18(26-13(16)3)29-34(32,33)11-14-4-6-15(23)7-5-14/h4-10,12H,11H2,1-3H3,(H,26,29)(H2,24,25,28). The summed E-state index contributed by atoms with van der Waals surface area (Å²) in [5.74, 6) is -0.671. The van der Waals surface area contributed by atoms with E-state index < -0.39 is 15.8 Å². The van der Waals surface area contributed by atoms with Crippen LogP contribution in [-0.2, 0) is 15.8 Å². The van der Waals surface area contributed by atoms with E-state index in [0.717, 1.165) is 0 Å². The third-order valence-electron chi connectivity index (χ3n) is 5.04. The van der Waals surface area contributed by atoms with Crippen molar-refractivity contribution < 1.29 is 12.8 Å². The van der Waals surface area contributed by atoms with Gasteiger partial charge in [-0.2, -0.15) is 4.98 Å². The highest BCUT2D eigenvalue weighted by Crippen LogP contribution is 2.23. The number of nitrogens with one attached hydrogen (secondary N) is 1. The summed E-state index contributed by atoms with van der Waals surface area (Å²) in [6.45, 7) is 5.33. The molecule has 0 saturated carbocycles. The largest absolute Gasteiger partial charge is 0.368 e. The molecule has 0 fully saturated rings. The molecule has 0 aliphatic rings. The Bertz CT molecular complexity index is 1550. The second-order valence-electron chi connectivity index (χ2n) is 7.98. The first-order valence-electron chi connectivity index (χ1n) is 10.3. The number of aryl methyl sites for hydroxylation is 1. The fourth-order valence-corrected chi connectivity index (χ4v) is 4.67. The maximum atomic E-state index is 13.3. The van der Waals surface area contributed by atoms with Gasteiger partial charge in [0.15, 0.2) is 5.65 Å². The van der Waals surface area contributed by atoms with Gasteiger partial charge in [0.25, 0.3) is 5.56 Å². The van der Waals surface area contributed by atoms with Crippen molar-refractivity contribution >= 4 is 33.0 Å². The monoisotopic (exact) mass is 483 g/mol. The minimum Gasteiger partial charge on any atom is -0.368 e. The van der Waals surface area contributed by atoms with Crippen LogP contribution in [0, 0.1) is 12.7 Å². The second-order valence-corrected chi connectivity index (χ2v) is 9.71. The van der Waals surface area contributed by atoms with Crippen LogP contribution < -0.4 is 16.0 Å². The summed E-state index contributed by atoms with van der Waals surface area (Å²) in [6.07, 6.45) is 1.44. The van der Waals surface area contributed by atoms with Gasteiger partial charge < -0.3 is 5.73 Å². The zero-order valence-corrected chi connectivity index (χ0v) is 19.5. The summed E-state index contributed by atoms with van der Waals surface area (Å²) in [5, 5.41) is 0. The predicted molar refractivity (Wildman–Crippen MR) is 127 cm³/mol. The zero-order valence-electron chi connectivity index (χ0n) is 18.7. The molecule has 0 amide bonds. The Balaban J connectivity index is 1.70. The third kappa shape index (κ3) is 4.71. The number of halogens is 1. The molecule has 0 aliphatic carbocycles. The fraction of sp³-hybridized carbons (Fsp3) is 0.227. The molecule has 4 aromatic rings. The Morgan fingerprint density at radius 1 is 1.09 bits per heavy atom. The molecule has 3 aromatic heterocycles. The molecular formula is C22H22FN7O3S. The molecule has 1 aromatic carbocycles. The van der Waals surface area contributed by atoms with Crippen LogP contribution >= 0.6 is 0 Å². The van der Waals surface area contributed by atoms with Crippen molar-refractivity contribution in [3.63, 3.8) is 0 Å². The van der Waals surface area contributed by atoms with Crippen LogP contribution in [0.3, 0.4) is 0 Å². The number of sulfonamides is 1. The smallest absolute Gasteiger partial charge is 0.279 e. The fourth-order valence-electron chi connectivity index (χ4n) is 3.53. The molecule has 0 bridgehead atoms. The van der Waals surface area contributed by atoms with Crippen LogP contribution in [0.1, 0.15) is 31.1 Å². The van der Waals surface area contributed by atoms with Gasteiger partial charge in [-0.3, -0.25) is 14.1 Å². The highest BCUT2D eigenvalue weighted by Gasteiger charge is 2.19. The van der Waals surface area contributed by atoms with Crippen LogP contribution in [0.25, 0.3) is 22.4 Å². The van der Waals surface area contributed by atoms with E-state index in [1.54, 1.807) is 13.0 Å². The quantitative estimate of drug-likeness (QED) is 0.426. The summed E-state index contributed by atoms with van der Waals surface area (Å²) in [4.78, 5) is 30.1. The Kier molecular flexibility index (Phi) is 6.00. The molecule has 176 valence electrons. The molecule has 0 aliphatic heterocycles. The van der Waals surface area contributed by atoms with E-state index in [2.05, 4.69) is 24.7 Å². The van der Waals surface area contributed by atoms with Gasteiger partial charge in [-0.25, -0.2) is 27.8 Å². The summed E-state index contributed by atoms with van der Waals surface area (Å²) in [6, 6.07) is 8.00. The molecule has 0 atom stereocenters. The normalized spacial score (nSPS) is 11.8. The second kappa shape index (κ2) is 8.78. The first kappa shape index (κ1) is 23.2. The zero-order chi connectivity index (χ0) is 24.6. The Hall–Kier alpha value is -3.93. The van der Waals surface area contributed by atoms with Crippen molar-refractivity contribution in [2.75, 3.05) is 10.5 Å². The maximum Gasteiger partial charge on any atom is 0.279 e. The molecule has 0 radical (unpaired) electrons. The molecule has 34 heavy (non-hydrogen) atoms. The van der Waals surface area contributed by atoms with Gasteiger partial charge in [0.2, 0.25) is 16.0 Å². The van der Waals surface area contributed by atoms with Crippen molar-refractivity contribution in [3.05, 3.63) is 70.0 Å². The van der Waals surface area contributed by atoms with Crippen molar-refractivity contribution in [2.24, 2.45) is 0 Å². The van der Waals surface area contributed by atoms with Gasteiger partial charge in [-0.05, 0) is 50.6 Å². The van der Waals surface area contributed by atoms with Crippen LogP contribution in [0.4, 0.5) is 16.2 Å². The molecule has 3 N–H and O–H groups in total. The van der Waals surface area contributed by atoms with E-state index in [1.807, 2.05) is 13.8 Å². The lowest BCUT2D eigenvalue weighted by atomic mass is 10.1. The Morgan fingerprint density at radius 2 is 1.79 bits per heavy atom. The van der Waals surface area contributed by atoms with Gasteiger partial charge >= 0.3 is 0 Å². The summed E-state index contributed by atoms with van der Waals surface area (Å²) in [7, 11) is -3.80. The lowest BCUT2D eigenvalue weighted by Crippen LogP contribution is -2.26. The van der Waals surface area contributed by atoms with Gasteiger partial charge in [-0.15, -0.1) is 0 Å². The van der Waals surface area contributed by atoms with Crippen LogP contribution in [-0.4, -0.2) is 32.9 Å². The number of hydrogen-bond acceptors (Lipinski definition) is 8. The number of benzene rings is 1. The minimum absolute atomic E-state index is 0.0333. The van der Waals surface area contributed by atoms with E-state index in [0.29, 0.717) is 28.0 Å². The molecule has 12 heteroatoms. The van der Waals surface area contributed by atoms with Gasteiger partial charge in [-0.1, -0.05) is 12.1 Å². The van der Waals surface area contributed by atoms with E-state index in [1.165, 1.54) is 41.1 Å². The van der Waals surface area contributed by atoms with Gasteiger partial charge in [0.1, 0.15) is 22.8 Å². The van der Waals surface area contributed by atoms with Crippen LogP contribution in [0.2, 0.25) is 0 Å². The molecule has 10 nitrogen and oxygen atoms in total. The first-order chi connectivity index (χ1) is 16.0. The number of rotatable bonds is 6. The van der Waals surface area contributed by atoms with Crippen LogP contribution in [0.5, 0.6) is 0 Å². The van der Waals surface area contributed by atoms with Crippen molar-refractivity contribution in [3.8, 4) is 11.3 Å². The SMILES string of the molecule is Cc1nc(NS(=O)(=O)Cc2ccc(F)cc2)ccc1-c1nc2cnc(N)nc2n(C(C)C)c1=O. The molecule has 0 saturated heterocycles. The number of fused-ring (bicyclic) bond motifs is 1. The van der Waals surface area contributed by atoms with Crippen molar-refractivity contribution in [1.82, 2.24) is 24.5 Å². The highest BCUT2D eigenvalue weighted by atomic mass is 32.2. The molecule has 0 unspecified atom stereocenters. The first-order valence-corrected chi connectivity index (χ1v) is 12.0. The Morgan fingerprint density at radius 3 is 2.44 bits per heavy atom. The topological polar surface area (TPSA) is 146 Å². The average Bonchev–Trinajstić information content (AvgIpc) is 2.74. The number of aromatic nitrogens is 5. The van der Waals surface area contributed by atoms with E-state index in [9.17, 15) is 17.6 Å². The number of nitrogen functional groups attached to an aromatic ring is 1. The maximum absolute atomic E-state index is 13.3. The summed E-state index contributed by atoms with van der Waals surface area (Å²) < 4.78 is 42.0. The average molecular weight is 484 g/mol. The highest BCUT2D eigenvalue weighted by molar-refractivity contribution is 7.91. The number of hydrogen-bond donors (Lipinski definition) is 2. The van der Waals surface area contributed by atoms with E-state index in [-0.39, 0.29) is 34.8 Å². The number of nitrogens with zero attached hydrogens (tertiary/aromatic N) is 5. The van der Waals surface area contributed by atoms with E-state index in [4.69, 9.17) is 5.73 Å². The van der Waals surface area contributed by atoms with Gasteiger partial charge in [0, 0.05) is 17.3 Å². The number of nitrogens with two attached hydrogens (primary N) is 1. The lowest BCUT2D eigenvalue weighted by molar-refractivity contribution is 0.593. The van der Waals surface area contributed by atoms with E-state index >= 15 is 0 Å². The van der Waals surface area contributed by atoms with Gasteiger partial charge in [0.05, 0.1) is 11.9 Å². The predicted octanol–water partition coefficient (Wildman–Crippen LogP) is 2.80. The summed E-state index contributed by atoms with van der Waals surface area (Å²) >= 11 is 0. The third-order valence-corrected chi connectivity index (χ3v) is 6.27. The molecule has 3 heterocycles. The molecule has 4 rings (SSSR count). The number of pyridine rings is 1. The Labute approximate surface area is 194 Å². The van der Waals surface area contributed by atoms with Crippen molar-refractivity contribution in [1.29, 1.82) is 0 Å². The minimum atomic E-state index is -3.80. The lowest BCUT2D eigenvalue weighted by Gasteiger charge is -2.15. The molecular weight excluding hydrogens is 461 g/mol. The van der Waals surface area contributed by atoms with Crippen molar-refractivity contribution in [2.45, 2.75) is 32.6 Å². The number of anilines is 2. The molecule has 0 spiro atoms. The summed E-state index contributed by atoms with van der Waals surface area (Å²) in [5.41, 5.74) is 7.44. The van der Waals surface area contributed by atoms with Crippen LogP contribution in [0.15, 0.2) is 47.4 Å².